The lowest BCUT2D eigenvalue weighted by atomic mass is 9.96. The Kier molecular flexibility index (Phi) is 11.2. The third-order valence-electron chi connectivity index (χ3n) is 10.9. The molecule has 0 saturated heterocycles. The number of hydrogen-bond acceptors (Lipinski definition) is 13. The van der Waals surface area contributed by atoms with Gasteiger partial charge >= 0.3 is 0 Å². The third-order valence-corrected chi connectivity index (χ3v) is 10.9. The first-order valence-electron chi connectivity index (χ1n) is 20.0. The van der Waals surface area contributed by atoms with Gasteiger partial charge in [0.2, 0.25) is 17.6 Å². The average molecular weight is 805 g/mol. The Morgan fingerprint density at radius 2 is 1.45 bits per heavy atom. The van der Waals surface area contributed by atoms with Crippen molar-refractivity contribution in [2.24, 2.45) is 0 Å². The molecule has 3 atom stereocenters. The molecule has 14 nitrogen and oxygen atoms in total. The van der Waals surface area contributed by atoms with E-state index in [0.717, 1.165) is 51.8 Å². The van der Waals surface area contributed by atoms with Gasteiger partial charge in [-0.05, 0) is 117 Å². The highest BCUT2D eigenvalue weighted by Crippen LogP contribution is 2.40. The summed E-state index contributed by atoms with van der Waals surface area (Å²) in [4.78, 5) is 23.2. The molecule has 6 aromatic rings. The van der Waals surface area contributed by atoms with Gasteiger partial charge in [-0.2, -0.15) is 20.5 Å². The number of aliphatic hydroxyl groups is 1. The molecule has 3 unspecified atom stereocenters. The van der Waals surface area contributed by atoms with E-state index in [9.17, 15) is 20.4 Å². The summed E-state index contributed by atoms with van der Waals surface area (Å²) >= 11 is 0. The zero-order chi connectivity index (χ0) is 42.1. The lowest BCUT2D eigenvalue weighted by Gasteiger charge is -2.18. The van der Waals surface area contributed by atoms with Crippen molar-refractivity contribution in [3.8, 4) is 69.3 Å². The molecule has 0 radical (unpaired) electrons. The Morgan fingerprint density at radius 3 is 2.08 bits per heavy atom. The molecular weight excluding hydrogens is 761 g/mol. The highest BCUT2D eigenvalue weighted by Gasteiger charge is 2.29. The number of nitrogens with one attached hydrogen (secondary N) is 1. The van der Waals surface area contributed by atoms with E-state index in [1.165, 1.54) is 0 Å². The molecule has 0 aliphatic heterocycles. The maximum atomic E-state index is 12.2. The predicted molar refractivity (Wildman–Crippen MR) is 220 cm³/mol. The van der Waals surface area contributed by atoms with E-state index in [0.29, 0.717) is 64.7 Å². The van der Waals surface area contributed by atoms with Gasteiger partial charge in [-0.25, -0.2) is 0 Å². The number of hydrogen-bond donors (Lipinski definition) is 2. The molecule has 0 saturated carbocycles. The number of aromatic nitrogens is 4. The molecule has 0 spiro atoms. The number of rotatable bonds is 13. The maximum absolute atomic E-state index is 12.2. The average Bonchev–Trinajstić information content (AvgIpc) is 4.07. The van der Waals surface area contributed by atoms with Gasteiger partial charge in [0.05, 0.1) is 36.0 Å². The summed E-state index contributed by atoms with van der Waals surface area (Å²) in [6.07, 6.45) is 2.29. The summed E-state index contributed by atoms with van der Waals surface area (Å²) in [6.45, 7) is 5.98. The van der Waals surface area contributed by atoms with Crippen molar-refractivity contribution in [1.82, 2.24) is 30.5 Å². The van der Waals surface area contributed by atoms with Gasteiger partial charge in [-0.1, -0.05) is 34.6 Å². The molecule has 14 heteroatoms. The number of fused-ring (bicyclic) bond motifs is 2. The summed E-state index contributed by atoms with van der Waals surface area (Å²) in [6, 6.07) is 24.9. The van der Waals surface area contributed by atoms with Gasteiger partial charge in [-0.3, -0.25) is 4.79 Å². The molecular formula is C46H44N8O6. The molecule has 4 aromatic carbocycles. The van der Waals surface area contributed by atoms with Crippen molar-refractivity contribution in [3.63, 3.8) is 0 Å². The Bertz CT molecular complexity index is 2670. The van der Waals surface area contributed by atoms with Crippen LogP contribution in [0.2, 0.25) is 0 Å². The summed E-state index contributed by atoms with van der Waals surface area (Å²) in [5, 5.41) is 42.8. The quantitative estimate of drug-likeness (QED) is 0.118. The van der Waals surface area contributed by atoms with Crippen molar-refractivity contribution >= 4 is 5.91 Å². The first-order chi connectivity index (χ1) is 29.0. The van der Waals surface area contributed by atoms with E-state index in [1.807, 2.05) is 45.0 Å². The maximum Gasteiger partial charge on any atom is 0.258 e. The molecule has 2 heterocycles. The Morgan fingerprint density at radius 1 is 0.833 bits per heavy atom. The fourth-order valence-electron chi connectivity index (χ4n) is 7.98. The highest BCUT2D eigenvalue weighted by atomic mass is 16.5. The molecule has 8 rings (SSSR count). The van der Waals surface area contributed by atoms with E-state index in [2.05, 4.69) is 33.8 Å². The zero-order valence-corrected chi connectivity index (χ0v) is 34.0. The smallest absolute Gasteiger partial charge is 0.258 e. The monoisotopic (exact) mass is 804 g/mol. The second kappa shape index (κ2) is 16.8. The van der Waals surface area contributed by atoms with Gasteiger partial charge in [0.1, 0.15) is 23.6 Å². The molecule has 2 N–H and O–H groups in total. The Hall–Kier alpha value is -6.87. The Balaban J connectivity index is 0.981. The number of carbonyl (C=O) groups is 1. The Labute approximate surface area is 347 Å². The van der Waals surface area contributed by atoms with Crippen molar-refractivity contribution in [1.29, 1.82) is 10.5 Å². The lowest BCUT2D eigenvalue weighted by Crippen LogP contribution is -2.34. The number of likely N-dealkylation sites (N-methyl/N-ethyl adjacent to an activating group) is 1. The number of carbonyl (C=O) groups excluding carboxylic acids is 1. The third kappa shape index (κ3) is 8.08. The van der Waals surface area contributed by atoms with Crippen LogP contribution in [0.25, 0.3) is 45.7 Å². The van der Waals surface area contributed by atoms with Gasteiger partial charge in [0.25, 0.3) is 11.8 Å². The van der Waals surface area contributed by atoms with Crippen LogP contribution in [0.1, 0.15) is 84.7 Å². The van der Waals surface area contributed by atoms with Crippen LogP contribution in [0, 0.1) is 22.7 Å². The SMILES string of the molecule is CC(C)Oc1ccc(-c2nc(-c3cc(CC(C)Oc4ccc(-c5nc(-c6cccc7c6CCC7NCC(=O)N(C)C)no5)cc4C#N)cc4c3CCC4O)no2)cc1C#N. The van der Waals surface area contributed by atoms with Crippen LogP contribution >= 0.6 is 0 Å². The molecule has 60 heavy (non-hydrogen) atoms. The van der Waals surface area contributed by atoms with E-state index < -0.39 is 6.10 Å². The van der Waals surface area contributed by atoms with E-state index in [1.54, 1.807) is 55.4 Å². The fraction of sp³-hybridized carbons (Fsp3) is 0.326. The number of aliphatic hydroxyl groups excluding tert-OH is 1. The summed E-state index contributed by atoms with van der Waals surface area (Å²) < 4.78 is 23.5. The highest BCUT2D eigenvalue weighted by molar-refractivity contribution is 5.78. The van der Waals surface area contributed by atoms with Gasteiger partial charge in [0, 0.05) is 48.8 Å². The number of nitriles is 2. The molecule has 1 amide bonds. The second-order valence-electron chi connectivity index (χ2n) is 15.7. The number of benzene rings is 4. The topological polar surface area (TPSA) is 196 Å². The number of ether oxygens (including phenoxy) is 2. The first kappa shape index (κ1) is 39.9. The summed E-state index contributed by atoms with van der Waals surface area (Å²) in [5.41, 5.74) is 8.40. The van der Waals surface area contributed by atoms with Crippen molar-refractivity contribution in [2.45, 2.75) is 77.2 Å². The van der Waals surface area contributed by atoms with Crippen LogP contribution in [-0.4, -0.2) is 69.0 Å². The number of nitrogens with zero attached hydrogens (tertiary/aromatic N) is 7. The molecule has 2 aliphatic rings. The molecule has 0 bridgehead atoms. The molecule has 2 aromatic heterocycles. The van der Waals surface area contributed by atoms with Crippen LogP contribution in [-0.2, 0) is 24.1 Å². The minimum Gasteiger partial charge on any atom is -0.490 e. The van der Waals surface area contributed by atoms with E-state index >= 15 is 0 Å². The zero-order valence-electron chi connectivity index (χ0n) is 34.0. The predicted octanol–water partition coefficient (Wildman–Crippen LogP) is 7.31. The largest absolute Gasteiger partial charge is 0.490 e. The van der Waals surface area contributed by atoms with E-state index in [-0.39, 0.29) is 42.5 Å². The number of amides is 1. The lowest BCUT2D eigenvalue weighted by molar-refractivity contribution is -0.127. The molecule has 304 valence electrons. The second-order valence-corrected chi connectivity index (χ2v) is 15.7. The van der Waals surface area contributed by atoms with Crippen LogP contribution in [0.5, 0.6) is 11.5 Å². The minimum atomic E-state index is -0.627. The van der Waals surface area contributed by atoms with Crippen molar-refractivity contribution in [2.75, 3.05) is 20.6 Å². The van der Waals surface area contributed by atoms with Crippen molar-refractivity contribution in [3.05, 3.63) is 106 Å². The first-order valence-corrected chi connectivity index (χ1v) is 20.0. The minimum absolute atomic E-state index is 0.0178. The van der Waals surface area contributed by atoms with Gasteiger partial charge in [-0.15, -0.1) is 0 Å². The van der Waals surface area contributed by atoms with Crippen LogP contribution < -0.4 is 14.8 Å². The van der Waals surface area contributed by atoms with Gasteiger partial charge in [0.15, 0.2) is 0 Å². The molecule has 2 aliphatic carbocycles. The molecule has 0 fully saturated rings. The normalized spacial score (nSPS) is 15.9. The fourth-order valence-corrected chi connectivity index (χ4v) is 7.98. The van der Waals surface area contributed by atoms with Crippen LogP contribution in [0.4, 0.5) is 0 Å². The van der Waals surface area contributed by atoms with Crippen LogP contribution in [0.15, 0.2) is 75.8 Å². The van der Waals surface area contributed by atoms with E-state index in [4.69, 9.17) is 28.5 Å². The van der Waals surface area contributed by atoms with Crippen molar-refractivity contribution < 1.29 is 28.4 Å². The van der Waals surface area contributed by atoms with Gasteiger partial charge < -0.3 is 33.8 Å². The standard InChI is InChI=1S/C46H44N8O6/c1-25(2)57-40-15-9-28(20-30(40)22-47)46-51-44(53-60-46)37-19-27(18-36-33(37)12-14-39(36)55)17-26(3)58-41-16-10-29(21-31(41)23-48)45-50-43(52-59-45)35-8-6-7-34-32(35)11-13-38(34)49-24-42(56)54(4)5/h6-10,15-16,18-21,25-26,38-39,49,55H,11-14,17,24H2,1-5H3. The van der Waals surface area contributed by atoms with Crippen LogP contribution in [0.3, 0.4) is 0 Å². The summed E-state index contributed by atoms with van der Waals surface area (Å²) in [7, 11) is 3.49. The summed E-state index contributed by atoms with van der Waals surface area (Å²) in [5.74, 6) is 2.28.